The van der Waals surface area contributed by atoms with Gasteiger partial charge in [-0.05, 0) is 44.4 Å². The van der Waals surface area contributed by atoms with Gasteiger partial charge in [-0.1, -0.05) is 18.6 Å². The van der Waals surface area contributed by atoms with Gasteiger partial charge in [-0.15, -0.1) is 0 Å². The number of carboxylic acids is 1. The van der Waals surface area contributed by atoms with Crippen LogP contribution in [0.2, 0.25) is 0 Å². The van der Waals surface area contributed by atoms with E-state index in [2.05, 4.69) is 0 Å². The normalized spacial score (nSPS) is 38.9. The van der Waals surface area contributed by atoms with Crippen molar-refractivity contribution in [2.45, 2.75) is 51.4 Å². The van der Waals surface area contributed by atoms with Crippen molar-refractivity contribution in [3.8, 4) is 0 Å². The fraction of sp³-hybridized carbons (Fsp3) is 0.737. The summed E-state index contributed by atoms with van der Waals surface area (Å²) < 4.78 is 0. The Morgan fingerprint density at radius 2 is 1.96 bits per heavy atom. The Bertz CT molecular complexity index is 570. The topological polar surface area (TPSA) is 74.7 Å². The minimum atomic E-state index is -0.917. The van der Waals surface area contributed by atoms with Crippen LogP contribution in [0.15, 0.2) is 12.2 Å². The monoisotopic (exact) mass is 333 g/mol. The van der Waals surface area contributed by atoms with Crippen LogP contribution in [0.3, 0.4) is 0 Å². The van der Waals surface area contributed by atoms with Crippen LogP contribution < -0.4 is 0 Å². The molecule has 2 fully saturated rings. The summed E-state index contributed by atoms with van der Waals surface area (Å²) in [7, 11) is 1.82. The fourth-order valence-corrected chi connectivity index (χ4v) is 4.46. The number of amides is 1. The van der Waals surface area contributed by atoms with Gasteiger partial charge in [0.05, 0.1) is 5.41 Å². The maximum atomic E-state index is 12.8. The lowest BCUT2D eigenvalue weighted by Crippen LogP contribution is -2.38. The summed E-state index contributed by atoms with van der Waals surface area (Å²) in [6.07, 6.45) is 9.85. The molecule has 0 bridgehead atoms. The highest BCUT2D eigenvalue weighted by molar-refractivity contribution is 5.93. The Kier molecular flexibility index (Phi) is 4.79. The maximum Gasteiger partial charge on any atom is 0.310 e. The molecule has 4 atom stereocenters. The third-order valence-corrected chi connectivity index (χ3v) is 6.16. The third kappa shape index (κ3) is 3.13. The number of aliphatic carboxylic acids is 1. The molecule has 1 N–H and O–H groups in total. The zero-order valence-electron chi connectivity index (χ0n) is 14.4. The van der Waals surface area contributed by atoms with E-state index in [1.54, 1.807) is 4.90 Å². The lowest BCUT2D eigenvalue weighted by atomic mass is 9.84. The fourth-order valence-electron chi connectivity index (χ4n) is 4.46. The van der Waals surface area contributed by atoms with Crippen LogP contribution in [0.5, 0.6) is 0 Å². The Morgan fingerprint density at radius 1 is 1.21 bits per heavy atom. The van der Waals surface area contributed by atoms with Gasteiger partial charge in [0.25, 0.3) is 0 Å². The van der Waals surface area contributed by atoms with Crippen LogP contribution in [-0.2, 0) is 14.4 Å². The number of fused-ring (bicyclic) bond motifs is 2. The second-order valence-corrected chi connectivity index (χ2v) is 7.74. The van der Waals surface area contributed by atoms with Gasteiger partial charge in [-0.2, -0.15) is 0 Å². The van der Waals surface area contributed by atoms with E-state index in [0.717, 1.165) is 45.1 Å². The molecule has 0 radical (unpaired) electrons. The summed E-state index contributed by atoms with van der Waals surface area (Å²) in [6, 6.07) is 0. The van der Waals surface area contributed by atoms with Crippen LogP contribution in [0.1, 0.15) is 51.4 Å². The largest absolute Gasteiger partial charge is 0.481 e. The molecule has 1 heterocycles. The molecule has 3 aliphatic rings. The molecule has 2 aliphatic carbocycles. The van der Waals surface area contributed by atoms with Crippen LogP contribution in [0.4, 0.5) is 0 Å². The van der Waals surface area contributed by atoms with Crippen LogP contribution in [-0.4, -0.2) is 41.3 Å². The predicted octanol–water partition coefficient (Wildman–Crippen LogP) is 2.65. The molecule has 24 heavy (non-hydrogen) atoms. The van der Waals surface area contributed by atoms with Gasteiger partial charge in [-0.25, -0.2) is 0 Å². The lowest BCUT2D eigenvalue weighted by Gasteiger charge is -2.25. The summed E-state index contributed by atoms with van der Waals surface area (Å²) >= 11 is 0. The number of carbonyl (C=O) groups excluding carboxylic acids is 2. The lowest BCUT2D eigenvalue weighted by molar-refractivity contribution is -0.147. The van der Waals surface area contributed by atoms with E-state index in [4.69, 9.17) is 0 Å². The van der Waals surface area contributed by atoms with E-state index < -0.39 is 11.4 Å². The number of carbonyl (C=O) groups is 3. The van der Waals surface area contributed by atoms with Crippen molar-refractivity contribution in [3.63, 3.8) is 0 Å². The van der Waals surface area contributed by atoms with Crippen molar-refractivity contribution in [3.05, 3.63) is 12.2 Å². The summed E-state index contributed by atoms with van der Waals surface area (Å²) in [5.74, 6) is -1.38. The number of Topliss-reactive ketones (excluding diaryl/α,β-unsaturated/α-hetero) is 1. The van der Waals surface area contributed by atoms with Crippen LogP contribution in [0.25, 0.3) is 0 Å². The summed E-state index contributed by atoms with van der Waals surface area (Å²) in [5, 5.41) is 9.64. The van der Waals surface area contributed by atoms with E-state index in [9.17, 15) is 19.5 Å². The summed E-state index contributed by atoms with van der Waals surface area (Å²) in [6.45, 7) is 0.729. The molecule has 0 aromatic heterocycles. The van der Waals surface area contributed by atoms with Crippen LogP contribution in [0, 0.1) is 23.2 Å². The third-order valence-electron chi connectivity index (χ3n) is 6.16. The highest BCUT2D eigenvalue weighted by Crippen LogP contribution is 2.57. The molecule has 3 unspecified atom stereocenters. The molecule has 0 aromatic rings. The summed E-state index contributed by atoms with van der Waals surface area (Å²) in [4.78, 5) is 39.0. The number of hydrogen-bond acceptors (Lipinski definition) is 3. The second kappa shape index (κ2) is 6.69. The van der Waals surface area contributed by atoms with E-state index in [1.807, 2.05) is 19.2 Å². The van der Waals surface area contributed by atoms with Crippen molar-refractivity contribution in [2.75, 3.05) is 13.6 Å². The number of nitrogens with zero attached hydrogens (tertiary/aromatic N) is 1. The first kappa shape index (κ1) is 17.2. The van der Waals surface area contributed by atoms with Crippen molar-refractivity contribution in [1.29, 1.82) is 0 Å². The maximum absolute atomic E-state index is 12.8. The minimum absolute atomic E-state index is 0.0189. The zero-order valence-corrected chi connectivity index (χ0v) is 14.4. The number of allylic oxidation sites excluding steroid dienone is 2. The molecule has 0 saturated heterocycles. The van der Waals surface area contributed by atoms with Gasteiger partial charge in [0, 0.05) is 31.8 Å². The number of rotatable bonds is 1. The Labute approximate surface area is 143 Å². The van der Waals surface area contributed by atoms with E-state index in [-0.39, 0.29) is 35.9 Å². The van der Waals surface area contributed by atoms with Crippen molar-refractivity contribution >= 4 is 17.7 Å². The van der Waals surface area contributed by atoms with Crippen molar-refractivity contribution in [1.82, 2.24) is 4.90 Å². The average molecular weight is 333 g/mol. The molecule has 1 amide bonds. The quantitative estimate of drug-likeness (QED) is 0.749. The smallest absolute Gasteiger partial charge is 0.310 e. The first-order chi connectivity index (χ1) is 11.5. The van der Waals surface area contributed by atoms with Gasteiger partial charge >= 0.3 is 5.97 Å². The highest BCUT2D eigenvalue weighted by atomic mass is 16.4. The number of hydrogen-bond donors (Lipinski definition) is 1. The molecule has 5 heteroatoms. The van der Waals surface area contributed by atoms with E-state index >= 15 is 0 Å². The highest BCUT2D eigenvalue weighted by Gasteiger charge is 2.60. The van der Waals surface area contributed by atoms with E-state index in [1.165, 1.54) is 0 Å². The van der Waals surface area contributed by atoms with Crippen molar-refractivity contribution < 1.29 is 19.5 Å². The Morgan fingerprint density at radius 3 is 2.71 bits per heavy atom. The second-order valence-electron chi connectivity index (χ2n) is 7.74. The minimum Gasteiger partial charge on any atom is -0.481 e. The number of ketones is 1. The molecule has 2 saturated carbocycles. The van der Waals surface area contributed by atoms with Crippen molar-refractivity contribution in [2.24, 2.45) is 23.2 Å². The molecule has 5 nitrogen and oxygen atoms in total. The van der Waals surface area contributed by atoms with Gasteiger partial charge in [-0.3, -0.25) is 14.4 Å². The SMILES string of the molecule is CN1CCCC/C=C\C2C[C@@]2(C(=O)O)CC(=O)C2CCCC2C1=O. The zero-order chi connectivity index (χ0) is 17.3. The summed E-state index contributed by atoms with van der Waals surface area (Å²) in [5.41, 5.74) is -0.917. The molecule has 0 spiro atoms. The molecular formula is C19H27NO4. The Balaban J connectivity index is 1.82. The van der Waals surface area contributed by atoms with Gasteiger partial charge in [0.1, 0.15) is 5.78 Å². The molecule has 132 valence electrons. The predicted molar refractivity (Wildman–Crippen MR) is 89.3 cm³/mol. The van der Waals surface area contributed by atoms with Gasteiger partial charge < -0.3 is 10.0 Å². The van der Waals surface area contributed by atoms with Gasteiger partial charge in [0.15, 0.2) is 0 Å². The Hall–Kier alpha value is -1.65. The van der Waals surface area contributed by atoms with Gasteiger partial charge in [0.2, 0.25) is 5.91 Å². The molecular weight excluding hydrogens is 306 g/mol. The van der Waals surface area contributed by atoms with Crippen LogP contribution >= 0.6 is 0 Å². The standard InChI is InChI=1S/C19H27NO4/c1-20-10-5-3-2-4-7-13-11-19(13,18(23)24)12-16(21)14-8-6-9-15(14)17(20)22/h4,7,13-15H,2-3,5-6,8-12H2,1H3,(H,23,24)/b7-4-/t13?,14?,15?,19-/m1/s1. The number of carboxylic acid groups (broad SMARTS) is 1. The first-order valence-electron chi connectivity index (χ1n) is 9.13. The van der Waals surface area contributed by atoms with E-state index in [0.29, 0.717) is 6.42 Å². The molecule has 1 aliphatic heterocycles. The average Bonchev–Trinajstić information content (AvgIpc) is 3.03. The first-order valence-corrected chi connectivity index (χ1v) is 9.13. The molecule has 3 rings (SSSR count). The molecule has 0 aromatic carbocycles.